The molecule has 0 aromatic heterocycles. The van der Waals surface area contributed by atoms with Gasteiger partial charge in [-0.05, 0) is 37.1 Å². The van der Waals surface area contributed by atoms with Gasteiger partial charge < -0.3 is 5.11 Å². The van der Waals surface area contributed by atoms with E-state index in [-0.39, 0.29) is 27.0 Å². The predicted molar refractivity (Wildman–Crippen MR) is 125 cm³/mol. The van der Waals surface area contributed by atoms with Crippen molar-refractivity contribution in [3.63, 3.8) is 0 Å². The maximum Gasteiger partial charge on any atom is 0.397 e. The number of rotatable bonds is 8. The second kappa shape index (κ2) is 9.60. The van der Waals surface area contributed by atoms with Gasteiger partial charge >= 0.3 is 10.4 Å². The lowest BCUT2D eigenvalue weighted by molar-refractivity contribution is 0.284. The summed E-state index contributed by atoms with van der Waals surface area (Å²) in [4.78, 5) is -0.695. The smallest absolute Gasteiger partial charge is 0.397 e. The molecule has 188 valence electrons. The standard InChI is InChI=1S/C20H20N2O10S3/c1-12-9-13(2)18(33(24,25)8-7-32-35(29,30)31)10-16(12)21-22-17-11-19(34(26,27)28)14-5-3-4-6-15(14)20(17)23/h3-6,9-11,23H,7-8H2,1-2H3,(H,26,27,28)(H,29,30,31). The fourth-order valence-electron chi connectivity index (χ4n) is 3.33. The highest BCUT2D eigenvalue weighted by Crippen LogP contribution is 2.40. The van der Waals surface area contributed by atoms with Crippen LogP contribution in [0.2, 0.25) is 0 Å². The molecule has 0 bridgehead atoms. The Hall–Kier alpha value is -2.95. The van der Waals surface area contributed by atoms with Crippen molar-refractivity contribution in [3.05, 3.63) is 53.6 Å². The summed E-state index contributed by atoms with van der Waals surface area (Å²) in [6.45, 7) is 2.32. The third kappa shape index (κ3) is 6.19. The molecule has 0 heterocycles. The summed E-state index contributed by atoms with van der Waals surface area (Å²) < 4.78 is 92.7. The van der Waals surface area contributed by atoms with E-state index in [0.717, 1.165) is 6.07 Å². The number of aryl methyl sites for hydroxylation is 2. The first-order chi connectivity index (χ1) is 16.1. The molecule has 0 unspecified atom stereocenters. The Morgan fingerprint density at radius 3 is 1.97 bits per heavy atom. The topological polar surface area (TPSA) is 197 Å². The van der Waals surface area contributed by atoms with Gasteiger partial charge in [0.15, 0.2) is 15.6 Å². The van der Waals surface area contributed by atoms with Gasteiger partial charge in [0.25, 0.3) is 10.1 Å². The van der Waals surface area contributed by atoms with Gasteiger partial charge in [-0.15, -0.1) is 5.11 Å². The molecule has 0 saturated heterocycles. The lowest BCUT2D eigenvalue weighted by Gasteiger charge is -2.11. The molecule has 0 aliphatic rings. The van der Waals surface area contributed by atoms with E-state index in [1.54, 1.807) is 13.0 Å². The van der Waals surface area contributed by atoms with Crippen LogP contribution in [0.3, 0.4) is 0 Å². The molecule has 0 saturated carbocycles. The molecule has 35 heavy (non-hydrogen) atoms. The normalized spacial score (nSPS) is 13.0. The number of hydrogen-bond acceptors (Lipinski definition) is 10. The highest BCUT2D eigenvalue weighted by molar-refractivity contribution is 7.91. The van der Waals surface area contributed by atoms with E-state index in [4.69, 9.17) is 4.55 Å². The summed E-state index contributed by atoms with van der Waals surface area (Å²) in [7, 11) is -13.5. The van der Waals surface area contributed by atoms with E-state index < -0.39 is 53.4 Å². The number of phenols is 1. The minimum absolute atomic E-state index is 0.0610. The lowest BCUT2D eigenvalue weighted by Crippen LogP contribution is -2.16. The molecule has 3 aromatic carbocycles. The Kier molecular flexibility index (Phi) is 7.31. The van der Waals surface area contributed by atoms with Gasteiger partial charge in [0.2, 0.25) is 0 Å². The molecule has 3 N–H and O–H groups in total. The van der Waals surface area contributed by atoms with Crippen molar-refractivity contribution in [2.75, 3.05) is 12.4 Å². The number of hydrogen-bond donors (Lipinski definition) is 3. The van der Waals surface area contributed by atoms with Crippen LogP contribution >= 0.6 is 0 Å². The van der Waals surface area contributed by atoms with Crippen LogP contribution in [0.1, 0.15) is 11.1 Å². The molecular formula is C20H20N2O10S3. The van der Waals surface area contributed by atoms with Crippen LogP contribution in [0, 0.1) is 13.8 Å². The van der Waals surface area contributed by atoms with E-state index in [2.05, 4.69) is 14.4 Å². The molecule has 0 aliphatic carbocycles. The van der Waals surface area contributed by atoms with Crippen LogP contribution in [0.25, 0.3) is 10.8 Å². The summed E-state index contributed by atoms with van der Waals surface area (Å²) in [6, 6.07) is 9.50. The Morgan fingerprint density at radius 2 is 1.37 bits per heavy atom. The van der Waals surface area contributed by atoms with Gasteiger partial charge in [-0.1, -0.05) is 30.3 Å². The van der Waals surface area contributed by atoms with Crippen LogP contribution in [-0.2, 0) is 34.5 Å². The predicted octanol–water partition coefficient (Wildman–Crippen LogP) is 3.42. The molecule has 0 atom stereocenters. The van der Waals surface area contributed by atoms with E-state index in [9.17, 15) is 34.9 Å². The van der Waals surface area contributed by atoms with Crippen LogP contribution in [-0.4, -0.2) is 51.8 Å². The van der Waals surface area contributed by atoms with Gasteiger partial charge in [0, 0.05) is 10.8 Å². The lowest BCUT2D eigenvalue weighted by atomic mass is 10.1. The highest BCUT2D eigenvalue weighted by atomic mass is 32.3. The Bertz CT molecular complexity index is 1660. The monoisotopic (exact) mass is 544 g/mol. The van der Waals surface area contributed by atoms with Crippen molar-refractivity contribution in [1.82, 2.24) is 0 Å². The average Bonchev–Trinajstić information content (AvgIpc) is 2.72. The van der Waals surface area contributed by atoms with Crippen molar-refractivity contribution in [2.45, 2.75) is 23.6 Å². The zero-order chi connectivity index (χ0) is 26.2. The fraction of sp³-hybridized carbons (Fsp3) is 0.200. The largest absolute Gasteiger partial charge is 0.505 e. The van der Waals surface area contributed by atoms with Crippen LogP contribution in [0.4, 0.5) is 11.4 Å². The van der Waals surface area contributed by atoms with Crippen molar-refractivity contribution >= 4 is 52.5 Å². The molecule has 0 fully saturated rings. The Morgan fingerprint density at radius 1 is 0.800 bits per heavy atom. The van der Waals surface area contributed by atoms with Crippen molar-refractivity contribution in [3.8, 4) is 5.75 Å². The minimum atomic E-state index is -4.81. The van der Waals surface area contributed by atoms with E-state index in [1.165, 1.54) is 37.3 Å². The fourth-order valence-corrected chi connectivity index (χ4v) is 5.81. The van der Waals surface area contributed by atoms with Crippen molar-refractivity contribution < 1.29 is 43.6 Å². The van der Waals surface area contributed by atoms with Gasteiger partial charge in [0.05, 0.1) is 22.9 Å². The third-order valence-corrected chi connectivity index (χ3v) is 8.09. The summed E-state index contributed by atoms with van der Waals surface area (Å²) in [5, 5.41) is 18.6. The van der Waals surface area contributed by atoms with Gasteiger partial charge in [0.1, 0.15) is 10.6 Å². The van der Waals surface area contributed by atoms with E-state index >= 15 is 0 Å². The molecule has 3 rings (SSSR count). The zero-order valence-electron chi connectivity index (χ0n) is 18.3. The van der Waals surface area contributed by atoms with Gasteiger partial charge in [-0.3, -0.25) is 9.11 Å². The number of sulfone groups is 1. The zero-order valence-corrected chi connectivity index (χ0v) is 20.7. The molecule has 12 nitrogen and oxygen atoms in total. The second-order valence-electron chi connectivity index (χ2n) is 7.44. The SMILES string of the molecule is Cc1cc(C)c(S(=O)(=O)CCOS(=O)(=O)O)cc1N=Nc1cc(S(=O)(=O)O)c2ccccc2c1O. The van der Waals surface area contributed by atoms with Gasteiger partial charge in [-0.2, -0.15) is 21.9 Å². The molecule has 0 amide bonds. The van der Waals surface area contributed by atoms with Crippen LogP contribution < -0.4 is 0 Å². The Balaban J connectivity index is 2.06. The number of nitrogens with zero attached hydrogens (tertiary/aromatic N) is 2. The second-order valence-corrected chi connectivity index (χ2v) is 12.0. The van der Waals surface area contributed by atoms with Crippen molar-refractivity contribution in [1.29, 1.82) is 0 Å². The summed E-state index contributed by atoms with van der Waals surface area (Å²) >= 11 is 0. The van der Waals surface area contributed by atoms with Gasteiger partial charge in [-0.25, -0.2) is 12.6 Å². The number of fused-ring (bicyclic) bond motifs is 1. The number of aromatic hydroxyl groups is 1. The highest BCUT2D eigenvalue weighted by Gasteiger charge is 2.22. The first-order valence-electron chi connectivity index (χ1n) is 9.70. The first-order valence-corrected chi connectivity index (χ1v) is 14.2. The first kappa shape index (κ1) is 26.7. The molecule has 0 radical (unpaired) electrons. The maximum absolute atomic E-state index is 12.7. The summed E-state index contributed by atoms with van der Waals surface area (Å²) in [5.41, 5.74) is 0.596. The average molecular weight is 545 g/mol. The van der Waals surface area contributed by atoms with Crippen LogP contribution in [0.15, 0.2) is 62.5 Å². The molecule has 3 aromatic rings. The number of azo groups is 1. The molecular weight excluding hydrogens is 524 g/mol. The van der Waals surface area contributed by atoms with E-state index in [0.29, 0.717) is 11.1 Å². The summed E-state index contributed by atoms with van der Waals surface area (Å²) in [5.74, 6) is -1.16. The minimum Gasteiger partial charge on any atom is -0.505 e. The Labute approximate surface area is 201 Å². The molecule has 0 aliphatic heterocycles. The maximum atomic E-state index is 12.7. The quantitative estimate of drug-likeness (QED) is 0.279. The number of phenolic OH excluding ortho intramolecular Hbond substituents is 1. The van der Waals surface area contributed by atoms with Crippen LogP contribution in [0.5, 0.6) is 5.75 Å². The van der Waals surface area contributed by atoms with E-state index in [1.807, 2.05) is 0 Å². The molecule has 15 heteroatoms. The summed E-state index contributed by atoms with van der Waals surface area (Å²) in [6.07, 6.45) is 0. The van der Waals surface area contributed by atoms with Crippen molar-refractivity contribution in [2.24, 2.45) is 10.2 Å². The molecule has 0 spiro atoms. The third-order valence-electron chi connectivity index (χ3n) is 4.91. The number of benzene rings is 3.